The summed E-state index contributed by atoms with van der Waals surface area (Å²) in [6.45, 7) is 1.98. The topological polar surface area (TPSA) is 83.8 Å². The summed E-state index contributed by atoms with van der Waals surface area (Å²) in [6.07, 6.45) is 0. The number of nitrogens with zero attached hydrogens (tertiary/aromatic N) is 1. The Hall–Kier alpha value is -1.20. The highest BCUT2D eigenvalue weighted by Crippen LogP contribution is 1.85. The van der Waals surface area contributed by atoms with E-state index in [0.717, 1.165) is 12.2 Å². The quantitative estimate of drug-likeness (QED) is 0.494. The molecular formula is C7H12N4O. The zero-order valence-corrected chi connectivity index (χ0v) is 6.71. The summed E-state index contributed by atoms with van der Waals surface area (Å²) < 4.78 is 0. The molecule has 0 saturated heterocycles. The van der Waals surface area contributed by atoms with Crippen molar-refractivity contribution in [1.29, 1.82) is 0 Å². The Morgan fingerprint density at radius 1 is 1.58 bits per heavy atom. The van der Waals surface area contributed by atoms with Crippen molar-refractivity contribution in [2.75, 3.05) is 13.1 Å². The van der Waals surface area contributed by atoms with Crippen LogP contribution in [-0.2, 0) is 6.54 Å². The SMILES string of the molecule is NCCNCc1ccc(=O)[nH]n1. The smallest absolute Gasteiger partial charge is 0.264 e. The van der Waals surface area contributed by atoms with E-state index in [-0.39, 0.29) is 5.56 Å². The molecule has 1 rings (SSSR count). The van der Waals surface area contributed by atoms with Crippen LogP contribution >= 0.6 is 0 Å². The standard InChI is InChI=1S/C7H12N4O/c8-3-4-9-5-6-1-2-7(12)11-10-6/h1-2,9H,3-5,8H2,(H,11,12). The second-order valence-electron chi connectivity index (χ2n) is 2.38. The molecule has 1 aromatic heterocycles. The average molecular weight is 168 g/mol. The van der Waals surface area contributed by atoms with Crippen LogP contribution in [0.15, 0.2) is 16.9 Å². The predicted octanol–water partition coefficient (Wildman–Crippen LogP) is -1.18. The molecule has 0 aliphatic rings. The van der Waals surface area contributed by atoms with Gasteiger partial charge in [-0.15, -0.1) is 0 Å². The highest BCUT2D eigenvalue weighted by molar-refractivity contribution is 4.98. The van der Waals surface area contributed by atoms with Gasteiger partial charge >= 0.3 is 0 Å². The van der Waals surface area contributed by atoms with E-state index in [1.54, 1.807) is 6.07 Å². The summed E-state index contributed by atoms with van der Waals surface area (Å²) in [4.78, 5) is 10.6. The minimum absolute atomic E-state index is 0.183. The molecule has 1 heterocycles. The first-order chi connectivity index (χ1) is 5.83. The third-order valence-corrected chi connectivity index (χ3v) is 1.36. The first-order valence-electron chi connectivity index (χ1n) is 3.78. The lowest BCUT2D eigenvalue weighted by Crippen LogP contribution is -2.23. The molecule has 0 fully saturated rings. The van der Waals surface area contributed by atoms with Crippen molar-refractivity contribution in [1.82, 2.24) is 15.5 Å². The Balaban J connectivity index is 2.42. The van der Waals surface area contributed by atoms with Gasteiger partial charge in [0, 0.05) is 25.7 Å². The predicted molar refractivity (Wildman–Crippen MR) is 45.6 cm³/mol. The van der Waals surface area contributed by atoms with Crippen LogP contribution in [0.4, 0.5) is 0 Å². The number of H-pyrrole nitrogens is 1. The van der Waals surface area contributed by atoms with Gasteiger partial charge in [-0.2, -0.15) is 5.10 Å². The molecule has 0 amide bonds. The number of hydrogen-bond acceptors (Lipinski definition) is 4. The minimum atomic E-state index is -0.183. The van der Waals surface area contributed by atoms with E-state index >= 15 is 0 Å². The maximum absolute atomic E-state index is 10.6. The second kappa shape index (κ2) is 4.63. The number of hydrogen-bond donors (Lipinski definition) is 3. The monoisotopic (exact) mass is 168 g/mol. The van der Waals surface area contributed by atoms with Crippen LogP contribution in [0.3, 0.4) is 0 Å². The molecule has 5 nitrogen and oxygen atoms in total. The highest BCUT2D eigenvalue weighted by Gasteiger charge is 1.91. The van der Waals surface area contributed by atoms with E-state index < -0.39 is 0 Å². The first-order valence-corrected chi connectivity index (χ1v) is 3.78. The summed E-state index contributed by atoms with van der Waals surface area (Å²) >= 11 is 0. The number of nitrogens with two attached hydrogens (primary N) is 1. The normalized spacial score (nSPS) is 10.1. The summed E-state index contributed by atoms with van der Waals surface area (Å²) in [5, 5.41) is 9.22. The third kappa shape index (κ3) is 2.81. The van der Waals surface area contributed by atoms with Crippen LogP contribution in [-0.4, -0.2) is 23.3 Å². The maximum Gasteiger partial charge on any atom is 0.264 e. The van der Waals surface area contributed by atoms with Gasteiger partial charge in [0.1, 0.15) is 0 Å². The van der Waals surface area contributed by atoms with Gasteiger partial charge in [0.25, 0.3) is 5.56 Å². The van der Waals surface area contributed by atoms with E-state index in [1.807, 2.05) is 0 Å². The molecule has 0 radical (unpaired) electrons. The Morgan fingerprint density at radius 3 is 3.00 bits per heavy atom. The molecule has 0 aromatic carbocycles. The molecule has 0 unspecified atom stereocenters. The van der Waals surface area contributed by atoms with Crippen molar-refractivity contribution < 1.29 is 0 Å². The molecule has 66 valence electrons. The van der Waals surface area contributed by atoms with Gasteiger partial charge in [0.05, 0.1) is 5.69 Å². The van der Waals surface area contributed by atoms with E-state index in [9.17, 15) is 4.79 Å². The number of aromatic nitrogens is 2. The summed E-state index contributed by atoms with van der Waals surface area (Å²) in [7, 11) is 0. The number of aromatic amines is 1. The molecule has 12 heavy (non-hydrogen) atoms. The average Bonchev–Trinajstić information content (AvgIpc) is 2.09. The molecule has 5 heteroatoms. The van der Waals surface area contributed by atoms with Crippen LogP contribution in [0.25, 0.3) is 0 Å². The first kappa shape index (κ1) is 8.89. The van der Waals surface area contributed by atoms with Crippen molar-refractivity contribution in [3.05, 3.63) is 28.2 Å². The van der Waals surface area contributed by atoms with Crippen LogP contribution < -0.4 is 16.6 Å². The van der Waals surface area contributed by atoms with Crippen LogP contribution in [0.5, 0.6) is 0 Å². The van der Waals surface area contributed by atoms with Crippen molar-refractivity contribution >= 4 is 0 Å². The van der Waals surface area contributed by atoms with E-state index in [4.69, 9.17) is 5.73 Å². The fourth-order valence-electron chi connectivity index (χ4n) is 0.790. The lowest BCUT2D eigenvalue weighted by molar-refractivity contribution is 0.671. The number of rotatable bonds is 4. The van der Waals surface area contributed by atoms with Gasteiger partial charge in [0.2, 0.25) is 0 Å². The molecule has 0 aliphatic carbocycles. The molecule has 4 N–H and O–H groups in total. The third-order valence-electron chi connectivity index (χ3n) is 1.36. The van der Waals surface area contributed by atoms with Crippen molar-refractivity contribution in [2.24, 2.45) is 5.73 Å². The van der Waals surface area contributed by atoms with Gasteiger partial charge in [-0.1, -0.05) is 0 Å². The molecule has 0 aliphatic heterocycles. The largest absolute Gasteiger partial charge is 0.329 e. The Bertz CT molecular complexity index is 262. The Kier molecular flexibility index (Phi) is 3.43. The van der Waals surface area contributed by atoms with Gasteiger partial charge in [-0.05, 0) is 6.07 Å². The summed E-state index contributed by atoms with van der Waals surface area (Å²) in [5.41, 5.74) is 5.90. The molecule has 0 spiro atoms. The van der Waals surface area contributed by atoms with E-state index in [0.29, 0.717) is 13.1 Å². The Morgan fingerprint density at radius 2 is 2.42 bits per heavy atom. The zero-order chi connectivity index (χ0) is 8.81. The fraction of sp³-hybridized carbons (Fsp3) is 0.429. The molecule has 0 atom stereocenters. The zero-order valence-electron chi connectivity index (χ0n) is 6.71. The van der Waals surface area contributed by atoms with Gasteiger partial charge in [-0.25, -0.2) is 5.10 Å². The molecule has 1 aromatic rings. The van der Waals surface area contributed by atoms with Crippen LogP contribution in [0.2, 0.25) is 0 Å². The van der Waals surface area contributed by atoms with Crippen molar-refractivity contribution in [3.8, 4) is 0 Å². The van der Waals surface area contributed by atoms with Gasteiger partial charge < -0.3 is 11.1 Å². The van der Waals surface area contributed by atoms with E-state index in [1.165, 1.54) is 6.07 Å². The van der Waals surface area contributed by atoms with Crippen molar-refractivity contribution in [2.45, 2.75) is 6.54 Å². The minimum Gasteiger partial charge on any atom is -0.329 e. The summed E-state index contributed by atoms with van der Waals surface area (Å²) in [5.74, 6) is 0. The molecule has 0 bridgehead atoms. The maximum atomic E-state index is 10.6. The van der Waals surface area contributed by atoms with Gasteiger partial charge in [-0.3, -0.25) is 4.79 Å². The van der Waals surface area contributed by atoms with Crippen LogP contribution in [0, 0.1) is 0 Å². The van der Waals surface area contributed by atoms with Crippen LogP contribution in [0.1, 0.15) is 5.69 Å². The Labute approximate surface area is 70.0 Å². The lowest BCUT2D eigenvalue weighted by Gasteiger charge is -2.00. The van der Waals surface area contributed by atoms with E-state index in [2.05, 4.69) is 15.5 Å². The molecular weight excluding hydrogens is 156 g/mol. The summed E-state index contributed by atoms with van der Waals surface area (Å²) in [6, 6.07) is 3.13. The number of nitrogens with one attached hydrogen (secondary N) is 2. The second-order valence-corrected chi connectivity index (χ2v) is 2.38. The highest BCUT2D eigenvalue weighted by atomic mass is 16.1. The molecule has 0 saturated carbocycles. The fourth-order valence-corrected chi connectivity index (χ4v) is 0.790. The van der Waals surface area contributed by atoms with Crippen molar-refractivity contribution in [3.63, 3.8) is 0 Å². The van der Waals surface area contributed by atoms with Gasteiger partial charge in [0.15, 0.2) is 0 Å². The lowest BCUT2D eigenvalue weighted by atomic mass is 10.4.